The fraction of sp³-hybridized carbons (Fsp3) is 0.0625. The van der Waals surface area contributed by atoms with Crippen LogP contribution in [0.1, 0.15) is 5.56 Å². The zero-order valence-electron chi connectivity index (χ0n) is 12.6. The largest absolute Gasteiger partial charge is 0.506 e. The number of fused-ring (bicyclic) bond motifs is 1. The van der Waals surface area contributed by atoms with Crippen LogP contribution >= 0.6 is 11.6 Å². The number of hydrogen-bond donors (Lipinski definition) is 3. The molecule has 2 aromatic heterocycles. The van der Waals surface area contributed by atoms with Crippen molar-refractivity contribution in [2.24, 2.45) is 0 Å². The molecule has 0 spiro atoms. The van der Waals surface area contributed by atoms with Crippen molar-refractivity contribution >= 4 is 28.3 Å². The number of aromatic hydroxyl groups is 1. The Hall–Kier alpha value is -3.13. The maximum Gasteiger partial charge on any atom is 0.215 e. The summed E-state index contributed by atoms with van der Waals surface area (Å²) in [6.45, 7) is 0.225. The Bertz CT molecular complexity index is 1050. The minimum atomic E-state index is -0.368. The van der Waals surface area contributed by atoms with Crippen molar-refractivity contribution in [3.63, 3.8) is 0 Å². The van der Waals surface area contributed by atoms with E-state index in [2.05, 4.69) is 25.9 Å². The second kappa shape index (κ2) is 6.06. The first kappa shape index (κ1) is 15.4. The molecule has 0 saturated carbocycles. The van der Waals surface area contributed by atoms with E-state index in [1.165, 1.54) is 12.1 Å². The minimum Gasteiger partial charge on any atom is -0.506 e. The van der Waals surface area contributed by atoms with Crippen molar-refractivity contribution in [2.75, 3.05) is 5.32 Å². The maximum atomic E-state index is 14.3. The molecule has 0 atom stereocenters. The number of aromatic nitrogens is 4. The summed E-state index contributed by atoms with van der Waals surface area (Å²) in [7, 11) is 0. The normalized spacial score (nSPS) is 11.1. The number of anilines is 1. The topological polar surface area (TPSA) is 99.9 Å². The number of nitrogens with one attached hydrogen (secondary N) is 2. The van der Waals surface area contributed by atoms with E-state index in [-0.39, 0.29) is 23.1 Å². The third kappa shape index (κ3) is 2.99. The summed E-state index contributed by atoms with van der Waals surface area (Å²) < 4.78 is 20.0. The summed E-state index contributed by atoms with van der Waals surface area (Å²) >= 11 is 5.86. The van der Waals surface area contributed by atoms with Crippen LogP contribution in [0.3, 0.4) is 0 Å². The van der Waals surface area contributed by atoms with Crippen LogP contribution in [0.25, 0.3) is 22.6 Å². The van der Waals surface area contributed by atoms with Crippen molar-refractivity contribution in [1.29, 1.82) is 0 Å². The highest BCUT2D eigenvalue weighted by atomic mass is 35.5. The lowest BCUT2D eigenvalue weighted by Crippen LogP contribution is -2.01. The number of nitrogens with zero attached hydrogens (tertiary/aromatic N) is 3. The number of hydrogen-bond acceptors (Lipinski definition) is 6. The first-order chi connectivity index (χ1) is 12.1. The van der Waals surface area contributed by atoms with Gasteiger partial charge in [-0.3, -0.25) is 0 Å². The summed E-state index contributed by atoms with van der Waals surface area (Å²) in [5.74, 6) is 0.419. The molecule has 0 unspecified atom stereocenters. The highest BCUT2D eigenvalue weighted by Crippen LogP contribution is 2.29. The van der Waals surface area contributed by atoms with Gasteiger partial charge in [-0.15, -0.1) is 5.10 Å². The van der Waals surface area contributed by atoms with Gasteiger partial charge in [0, 0.05) is 23.2 Å². The third-order valence-corrected chi connectivity index (χ3v) is 4.00. The highest BCUT2D eigenvalue weighted by molar-refractivity contribution is 6.32. The molecule has 7 nitrogen and oxygen atoms in total. The molecule has 0 saturated heterocycles. The lowest BCUT2D eigenvalue weighted by molar-refractivity contribution is 0.475. The molecule has 25 heavy (non-hydrogen) atoms. The van der Waals surface area contributed by atoms with Gasteiger partial charge in [0.1, 0.15) is 17.1 Å². The van der Waals surface area contributed by atoms with Gasteiger partial charge in [-0.1, -0.05) is 11.6 Å². The molecule has 0 radical (unpaired) electrons. The fourth-order valence-corrected chi connectivity index (χ4v) is 2.61. The molecule has 0 fully saturated rings. The predicted molar refractivity (Wildman–Crippen MR) is 89.8 cm³/mol. The van der Waals surface area contributed by atoms with Gasteiger partial charge >= 0.3 is 0 Å². The number of benzene rings is 2. The Morgan fingerprint density at radius 3 is 2.88 bits per heavy atom. The summed E-state index contributed by atoms with van der Waals surface area (Å²) in [6.07, 6.45) is 0. The van der Waals surface area contributed by atoms with Crippen LogP contribution in [-0.2, 0) is 6.54 Å². The number of rotatable bonds is 4. The SMILES string of the molecule is Oc1ccc(NCc2cc3oc(-c4nnn[nH]4)cc3cc2F)cc1Cl. The molecule has 9 heteroatoms. The molecule has 2 heterocycles. The monoisotopic (exact) mass is 359 g/mol. The van der Waals surface area contributed by atoms with E-state index in [9.17, 15) is 9.50 Å². The number of halogens is 2. The Morgan fingerprint density at radius 2 is 2.12 bits per heavy atom. The second-order valence-electron chi connectivity index (χ2n) is 5.36. The van der Waals surface area contributed by atoms with Crippen LogP contribution in [0.2, 0.25) is 5.02 Å². The van der Waals surface area contributed by atoms with Gasteiger partial charge in [0.05, 0.1) is 5.02 Å². The van der Waals surface area contributed by atoms with Crippen molar-refractivity contribution in [3.8, 4) is 17.3 Å². The van der Waals surface area contributed by atoms with Gasteiger partial charge in [0.25, 0.3) is 0 Å². The van der Waals surface area contributed by atoms with Gasteiger partial charge in [-0.2, -0.15) is 0 Å². The molecule has 0 aliphatic rings. The zero-order valence-corrected chi connectivity index (χ0v) is 13.4. The smallest absolute Gasteiger partial charge is 0.215 e. The number of furan rings is 1. The van der Waals surface area contributed by atoms with Crippen LogP contribution in [0.5, 0.6) is 5.75 Å². The van der Waals surface area contributed by atoms with Crippen molar-refractivity contribution in [2.45, 2.75) is 6.54 Å². The van der Waals surface area contributed by atoms with Crippen molar-refractivity contribution < 1.29 is 13.9 Å². The van der Waals surface area contributed by atoms with E-state index < -0.39 is 0 Å². The molecule has 2 aromatic carbocycles. The first-order valence-electron chi connectivity index (χ1n) is 7.28. The summed E-state index contributed by atoms with van der Waals surface area (Å²) in [5, 5.41) is 26.6. The van der Waals surface area contributed by atoms with Gasteiger partial charge in [-0.05, 0) is 46.8 Å². The Kier molecular flexibility index (Phi) is 3.73. The quantitative estimate of drug-likeness (QED) is 0.480. The van der Waals surface area contributed by atoms with Gasteiger partial charge in [0.15, 0.2) is 5.76 Å². The average Bonchev–Trinajstić information content (AvgIpc) is 3.24. The van der Waals surface area contributed by atoms with Crippen LogP contribution in [0.4, 0.5) is 10.1 Å². The van der Waals surface area contributed by atoms with Gasteiger partial charge < -0.3 is 14.8 Å². The lowest BCUT2D eigenvalue weighted by atomic mass is 10.1. The number of tetrazole rings is 1. The molecular formula is C16H11ClFN5O2. The molecule has 0 aliphatic heterocycles. The van der Waals surface area contributed by atoms with E-state index in [0.29, 0.717) is 33.8 Å². The van der Waals surface area contributed by atoms with Crippen molar-refractivity contribution in [1.82, 2.24) is 20.6 Å². The molecule has 0 aliphatic carbocycles. The third-order valence-electron chi connectivity index (χ3n) is 3.69. The summed E-state index contributed by atoms with van der Waals surface area (Å²) in [5.41, 5.74) is 1.61. The Balaban J connectivity index is 1.60. The summed E-state index contributed by atoms with van der Waals surface area (Å²) in [6, 6.07) is 9.36. The maximum absolute atomic E-state index is 14.3. The van der Waals surface area contributed by atoms with Crippen LogP contribution in [0, 0.1) is 5.82 Å². The van der Waals surface area contributed by atoms with Crippen molar-refractivity contribution in [3.05, 3.63) is 52.8 Å². The van der Waals surface area contributed by atoms with E-state index in [0.717, 1.165) is 0 Å². The number of aromatic amines is 1. The predicted octanol–water partition coefficient (Wildman–Crippen LogP) is 3.72. The second-order valence-corrected chi connectivity index (χ2v) is 5.77. The standard InChI is InChI=1S/C16H11ClFN5O2/c17-11-6-10(1-2-13(11)24)19-7-9-5-14-8(3-12(9)18)4-15(25-14)16-20-22-23-21-16/h1-6,19,24H,7H2,(H,20,21,22,23). The number of phenolic OH excluding ortho intramolecular Hbond substituents is 1. The molecule has 0 amide bonds. The lowest BCUT2D eigenvalue weighted by Gasteiger charge is -2.08. The van der Waals surface area contributed by atoms with Crippen LogP contribution < -0.4 is 5.32 Å². The van der Waals surface area contributed by atoms with E-state index in [4.69, 9.17) is 16.0 Å². The van der Waals surface area contributed by atoms with E-state index >= 15 is 0 Å². The molecule has 4 rings (SSSR count). The molecular weight excluding hydrogens is 349 g/mol. The van der Waals surface area contributed by atoms with E-state index in [1.54, 1.807) is 24.3 Å². The zero-order chi connectivity index (χ0) is 17.4. The number of H-pyrrole nitrogens is 1. The molecule has 4 aromatic rings. The summed E-state index contributed by atoms with van der Waals surface area (Å²) in [4.78, 5) is 0. The van der Waals surface area contributed by atoms with Gasteiger partial charge in [0.2, 0.25) is 5.82 Å². The minimum absolute atomic E-state index is 0.00941. The molecule has 0 bridgehead atoms. The van der Waals surface area contributed by atoms with Gasteiger partial charge in [-0.25, -0.2) is 9.49 Å². The highest BCUT2D eigenvalue weighted by Gasteiger charge is 2.13. The van der Waals surface area contributed by atoms with Crippen LogP contribution in [0.15, 0.2) is 40.8 Å². The Labute approximate surface area is 145 Å². The molecule has 126 valence electrons. The van der Waals surface area contributed by atoms with E-state index in [1.807, 2.05) is 0 Å². The number of phenols is 1. The van der Waals surface area contributed by atoms with Crippen LogP contribution in [-0.4, -0.2) is 25.7 Å². The first-order valence-corrected chi connectivity index (χ1v) is 7.66. The Morgan fingerprint density at radius 1 is 1.24 bits per heavy atom. The molecule has 3 N–H and O–H groups in total. The average molecular weight is 360 g/mol. The fourth-order valence-electron chi connectivity index (χ4n) is 2.43.